The molecule has 10 heteroatoms. The van der Waals surface area contributed by atoms with Gasteiger partial charge in [0.2, 0.25) is 11.9 Å². The molecule has 1 aromatic rings. The smallest absolute Gasteiger partial charge is 0.368 e. The summed E-state index contributed by atoms with van der Waals surface area (Å²) < 4.78 is 33.0. The van der Waals surface area contributed by atoms with E-state index in [2.05, 4.69) is 10.1 Å². The van der Waals surface area contributed by atoms with Crippen LogP contribution in [-0.2, 0) is 4.74 Å². The Kier molecular flexibility index (Phi) is 4.41. The van der Waals surface area contributed by atoms with Crippen LogP contribution in [0, 0.1) is 11.8 Å². The van der Waals surface area contributed by atoms with Gasteiger partial charge in [0.1, 0.15) is 24.7 Å². The third kappa shape index (κ3) is 2.66. The number of aliphatic hydroxyl groups excluding tert-OH is 2. The van der Waals surface area contributed by atoms with Crippen molar-refractivity contribution in [2.75, 3.05) is 12.4 Å². The first-order valence-corrected chi connectivity index (χ1v) is 6.29. The zero-order valence-electron chi connectivity index (χ0n) is 11.5. The molecule has 1 unspecified atom stereocenters. The summed E-state index contributed by atoms with van der Waals surface area (Å²) in [6.07, 6.45) is -5.38. The molecule has 8 nitrogen and oxygen atoms in total. The third-order valence-corrected chi connectivity index (χ3v) is 3.17. The maximum Gasteiger partial charge on any atom is 0.368 e. The highest BCUT2D eigenvalue weighted by atomic mass is 19.1. The Balaban J connectivity index is 2.53. The van der Waals surface area contributed by atoms with Crippen LogP contribution in [0.4, 0.5) is 14.6 Å². The van der Waals surface area contributed by atoms with E-state index in [4.69, 9.17) is 10.5 Å². The molecule has 0 spiro atoms. The number of aliphatic hydroxyl groups is 2. The fraction of sp³-hybridized carbons (Fsp3) is 0.583. The average Bonchev–Trinajstić information content (AvgIpc) is 2.70. The van der Waals surface area contributed by atoms with Gasteiger partial charge in [0, 0.05) is 0 Å². The predicted octanol–water partition coefficient (Wildman–Crippen LogP) is -1.46. The molecular weight excluding hydrogens is 302 g/mol. The second-order valence-electron chi connectivity index (χ2n) is 4.75. The first kappa shape index (κ1) is 16.3. The van der Waals surface area contributed by atoms with Gasteiger partial charge in [-0.1, -0.05) is 11.8 Å². The van der Waals surface area contributed by atoms with Crippen molar-refractivity contribution in [3.8, 4) is 11.8 Å². The number of nitrogens with two attached hydrogens (primary N) is 1. The lowest BCUT2D eigenvalue weighted by Gasteiger charge is -2.23. The van der Waals surface area contributed by atoms with Crippen LogP contribution in [0.5, 0.6) is 0 Å². The van der Waals surface area contributed by atoms with E-state index in [1.54, 1.807) is 0 Å². The van der Waals surface area contributed by atoms with Gasteiger partial charge in [-0.05, 0) is 6.92 Å². The molecule has 1 fully saturated rings. The lowest BCUT2D eigenvalue weighted by Crippen LogP contribution is -2.46. The number of aromatic nitrogens is 3. The molecule has 0 aliphatic carbocycles. The summed E-state index contributed by atoms with van der Waals surface area (Å²) in [5.74, 6) is 3.56. The Morgan fingerprint density at radius 3 is 2.91 bits per heavy atom. The second kappa shape index (κ2) is 5.96. The third-order valence-electron chi connectivity index (χ3n) is 3.17. The summed E-state index contributed by atoms with van der Waals surface area (Å²) in [6, 6.07) is 0. The van der Waals surface area contributed by atoms with E-state index in [0.29, 0.717) is 4.68 Å². The highest BCUT2D eigenvalue weighted by Gasteiger charge is 2.59. The Labute approximate surface area is 123 Å². The minimum absolute atomic E-state index is 0.189. The van der Waals surface area contributed by atoms with Crippen molar-refractivity contribution in [1.29, 1.82) is 0 Å². The van der Waals surface area contributed by atoms with Crippen LogP contribution in [0.3, 0.4) is 0 Å². The molecule has 22 heavy (non-hydrogen) atoms. The topological polar surface area (TPSA) is 123 Å². The molecule has 0 saturated carbocycles. The minimum atomic E-state index is -2.84. The molecule has 1 aliphatic heterocycles. The van der Waals surface area contributed by atoms with Crippen LogP contribution in [0.15, 0.2) is 11.0 Å². The summed E-state index contributed by atoms with van der Waals surface area (Å²) in [6.45, 7) is 0.101. The quantitative estimate of drug-likeness (QED) is 0.570. The molecule has 0 radical (unpaired) electrons. The second-order valence-corrected chi connectivity index (χ2v) is 4.75. The Morgan fingerprint density at radius 1 is 1.68 bits per heavy atom. The largest absolute Gasteiger partial charge is 0.391 e. The lowest BCUT2D eigenvalue weighted by molar-refractivity contribution is -0.0849. The number of ether oxygens (including phenoxy) is 1. The van der Waals surface area contributed by atoms with E-state index in [1.165, 1.54) is 6.92 Å². The van der Waals surface area contributed by atoms with Crippen LogP contribution < -0.4 is 11.4 Å². The van der Waals surface area contributed by atoms with Crippen molar-refractivity contribution in [2.45, 2.75) is 37.1 Å². The number of halogens is 2. The van der Waals surface area contributed by atoms with Gasteiger partial charge in [0.05, 0.1) is 12.3 Å². The Bertz CT molecular complexity index is 671. The van der Waals surface area contributed by atoms with Gasteiger partial charge in [-0.15, -0.1) is 0 Å². The monoisotopic (exact) mass is 316 g/mol. The zero-order chi connectivity index (χ0) is 16.5. The normalized spacial score (nSPS) is 32.3. The van der Waals surface area contributed by atoms with E-state index >= 15 is 4.39 Å². The van der Waals surface area contributed by atoms with Crippen molar-refractivity contribution in [1.82, 2.24) is 14.8 Å². The Hall–Kier alpha value is -2.09. The van der Waals surface area contributed by atoms with Crippen LogP contribution in [0.1, 0.15) is 13.2 Å². The van der Waals surface area contributed by atoms with Gasteiger partial charge in [0.25, 0.3) is 0 Å². The maximum absolute atomic E-state index is 15.0. The van der Waals surface area contributed by atoms with Crippen molar-refractivity contribution in [3.63, 3.8) is 0 Å². The number of anilines is 1. The van der Waals surface area contributed by atoms with E-state index < -0.39 is 42.6 Å². The number of nitrogens with zero attached hydrogens (tertiary/aromatic N) is 3. The predicted molar refractivity (Wildman–Crippen MR) is 69.9 cm³/mol. The molecule has 1 aromatic heterocycles. The van der Waals surface area contributed by atoms with Gasteiger partial charge in [-0.25, -0.2) is 13.6 Å². The minimum Gasteiger partial charge on any atom is -0.391 e. The fourth-order valence-corrected chi connectivity index (χ4v) is 2.15. The highest BCUT2D eigenvalue weighted by molar-refractivity contribution is 5.24. The molecule has 0 bridgehead atoms. The van der Waals surface area contributed by atoms with Crippen molar-refractivity contribution in [2.24, 2.45) is 0 Å². The van der Waals surface area contributed by atoms with Crippen LogP contribution >= 0.6 is 0 Å². The molecule has 4 N–H and O–H groups in total. The van der Waals surface area contributed by atoms with E-state index in [1.807, 2.05) is 11.8 Å². The molecule has 2 rings (SSSR count). The van der Waals surface area contributed by atoms with Crippen LogP contribution in [-0.4, -0.2) is 55.6 Å². The molecule has 2 heterocycles. The molecule has 0 amide bonds. The number of hydrogen-bond donors (Lipinski definition) is 3. The molecule has 120 valence electrons. The number of alkyl halides is 2. The number of rotatable bonds is 2. The van der Waals surface area contributed by atoms with Gasteiger partial charge in [-0.3, -0.25) is 0 Å². The lowest BCUT2D eigenvalue weighted by atomic mass is 9.94. The van der Waals surface area contributed by atoms with Crippen LogP contribution in [0.25, 0.3) is 0 Å². The standard InChI is InChI=1S/C12H14F2N4O4/c1-6(19)8-9(20)12(14,3-2-4-13)10(22-8)18-11(21)17-7(15)5-16-18/h5-6,8-10,19-20H,4H2,1H3,(H2,15,17,21)/t6-,8+,9-,10+,12?/m0/s1. The van der Waals surface area contributed by atoms with E-state index in [-0.39, 0.29) is 5.82 Å². The van der Waals surface area contributed by atoms with Crippen molar-refractivity contribution >= 4 is 5.82 Å². The first-order chi connectivity index (χ1) is 10.3. The number of nitrogen functional groups attached to an aromatic ring is 1. The summed E-state index contributed by atoms with van der Waals surface area (Å²) >= 11 is 0. The number of hydrogen-bond acceptors (Lipinski definition) is 7. The molecule has 1 aliphatic rings. The van der Waals surface area contributed by atoms with E-state index in [9.17, 15) is 19.4 Å². The van der Waals surface area contributed by atoms with Gasteiger partial charge >= 0.3 is 5.69 Å². The van der Waals surface area contributed by atoms with Crippen molar-refractivity contribution < 1.29 is 23.7 Å². The molecule has 1 saturated heterocycles. The summed E-state index contributed by atoms with van der Waals surface area (Å²) in [4.78, 5) is 15.1. The van der Waals surface area contributed by atoms with Crippen LogP contribution in [0.2, 0.25) is 0 Å². The molecule has 5 atom stereocenters. The summed E-state index contributed by atoms with van der Waals surface area (Å²) in [7, 11) is 0. The summed E-state index contributed by atoms with van der Waals surface area (Å²) in [5.41, 5.74) is 1.41. The molecular formula is C12H14F2N4O4. The zero-order valence-corrected chi connectivity index (χ0v) is 11.5. The highest BCUT2D eigenvalue weighted by Crippen LogP contribution is 2.41. The molecule has 0 aromatic carbocycles. The van der Waals surface area contributed by atoms with Crippen molar-refractivity contribution in [3.05, 3.63) is 16.7 Å². The fourth-order valence-electron chi connectivity index (χ4n) is 2.15. The SMILES string of the molecule is C[C@H](O)[C@H]1O[C@@H](n2ncc(N)nc2=O)C(F)(C#CCF)[C@H]1O. The van der Waals surface area contributed by atoms with E-state index in [0.717, 1.165) is 6.20 Å². The first-order valence-electron chi connectivity index (χ1n) is 6.29. The summed E-state index contributed by atoms with van der Waals surface area (Å²) in [5, 5.41) is 23.1. The maximum atomic E-state index is 15.0. The average molecular weight is 316 g/mol. The van der Waals surface area contributed by atoms with Gasteiger partial charge in [-0.2, -0.15) is 14.8 Å². The van der Waals surface area contributed by atoms with Gasteiger partial charge < -0.3 is 20.7 Å². The Morgan fingerprint density at radius 2 is 2.36 bits per heavy atom. The van der Waals surface area contributed by atoms with Gasteiger partial charge in [0.15, 0.2) is 0 Å².